The quantitative estimate of drug-likeness (QED) is 0.467. The van der Waals surface area contributed by atoms with E-state index in [-0.39, 0.29) is 10.9 Å². The lowest BCUT2D eigenvalue weighted by Gasteiger charge is -2.11. The van der Waals surface area contributed by atoms with Crippen LogP contribution in [0.25, 0.3) is 0 Å². The van der Waals surface area contributed by atoms with Gasteiger partial charge in [0.05, 0.1) is 21.2 Å². The molecule has 8 heteroatoms. The van der Waals surface area contributed by atoms with E-state index in [1.165, 1.54) is 4.90 Å². The van der Waals surface area contributed by atoms with Crippen LogP contribution in [0.1, 0.15) is 16.3 Å². The maximum absolute atomic E-state index is 12.0. The molecule has 128 valence electrons. The summed E-state index contributed by atoms with van der Waals surface area (Å²) in [6, 6.07) is 10.7. The van der Waals surface area contributed by atoms with Gasteiger partial charge in [0, 0.05) is 5.69 Å². The lowest BCUT2D eigenvalue weighted by atomic mass is 10.3. The highest BCUT2D eigenvalue weighted by molar-refractivity contribution is 7.80. The molecule has 0 fully saturated rings. The monoisotopic (exact) mass is 349 g/mol. The van der Waals surface area contributed by atoms with Crippen molar-refractivity contribution in [3.05, 3.63) is 47.9 Å². The zero-order valence-corrected chi connectivity index (χ0v) is 14.6. The Morgan fingerprint density at radius 1 is 1.17 bits per heavy atom. The van der Waals surface area contributed by atoms with Crippen LogP contribution in [0.5, 0.6) is 5.75 Å². The second-order valence-corrected chi connectivity index (χ2v) is 5.82. The molecule has 0 unspecified atom stereocenters. The first-order valence-corrected chi connectivity index (χ1v) is 7.78. The van der Waals surface area contributed by atoms with Crippen molar-refractivity contribution in [3.63, 3.8) is 0 Å². The fourth-order valence-electron chi connectivity index (χ4n) is 1.96. The average Bonchev–Trinajstić information content (AvgIpc) is 3.01. The summed E-state index contributed by atoms with van der Waals surface area (Å²) in [5.74, 6) is 1.33. The number of quaternary nitrogens is 1. The lowest BCUT2D eigenvalue weighted by molar-refractivity contribution is -0.873. The first kappa shape index (κ1) is 17.8. The molecule has 0 aliphatic rings. The summed E-state index contributed by atoms with van der Waals surface area (Å²) in [5, 5.41) is 3.21. The van der Waals surface area contributed by atoms with E-state index >= 15 is 0 Å². The van der Waals surface area contributed by atoms with Gasteiger partial charge in [-0.15, -0.1) is 0 Å². The fourth-order valence-corrected chi connectivity index (χ4v) is 2.12. The van der Waals surface area contributed by atoms with Crippen LogP contribution in [-0.4, -0.2) is 32.2 Å². The number of hydrazine groups is 1. The lowest BCUT2D eigenvalue weighted by Crippen LogP contribution is -3.04. The smallest absolute Gasteiger partial charge is 0.305 e. The summed E-state index contributed by atoms with van der Waals surface area (Å²) in [7, 11) is 5.62. The number of amides is 1. The molecule has 0 saturated heterocycles. The molecule has 24 heavy (non-hydrogen) atoms. The van der Waals surface area contributed by atoms with Crippen molar-refractivity contribution >= 4 is 28.9 Å². The van der Waals surface area contributed by atoms with Crippen LogP contribution in [-0.2, 0) is 6.54 Å². The normalized spacial score (nSPS) is 10.3. The second-order valence-electron chi connectivity index (χ2n) is 5.41. The maximum Gasteiger partial charge on any atom is 0.305 e. The van der Waals surface area contributed by atoms with Gasteiger partial charge in [0.1, 0.15) is 12.3 Å². The standard InChI is InChI=1S/C16H20N4O3S/c1-20(2)10-13-8-9-14(23-13)15(21)18-19-16(24)17-11-4-6-12(22-3)7-5-11/h4-9H,10H2,1-3H3,(H,18,21)(H2,17,19,24)/p+1. The molecule has 0 spiro atoms. The summed E-state index contributed by atoms with van der Waals surface area (Å²) in [5.41, 5.74) is 5.90. The number of carbonyl (C=O) groups excluding carboxylic acids is 1. The van der Waals surface area contributed by atoms with E-state index < -0.39 is 5.91 Å². The van der Waals surface area contributed by atoms with E-state index in [9.17, 15) is 4.79 Å². The SMILES string of the molecule is COc1ccc(NC(=S)NNC(=O)c2ccc(C[NH+](C)C)o2)cc1. The number of carbonyl (C=O) groups is 1. The number of hydrogen-bond acceptors (Lipinski definition) is 4. The molecule has 0 saturated carbocycles. The number of nitrogens with one attached hydrogen (secondary N) is 4. The number of benzene rings is 1. The third-order valence-electron chi connectivity index (χ3n) is 3.05. The van der Waals surface area contributed by atoms with Gasteiger partial charge in [0.2, 0.25) is 0 Å². The van der Waals surface area contributed by atoms with E-state index in [1.54, 1.807) is 31.4 Å². The van der Waals surface area contributed by atoms with Gasteiger partial charge in [-0.3, -0.25) is 15.6 Å². The van der Waals surface area contributed by atoms with Crippen LogP contribution in [0.15, 0.2) is 40.8 Å². The van der Waals surface area contributed by atoms with Crippen LogP contribution in [0.4, 0.5) is 5.69 Å². The minimum atomic E-state index is -0.395. The van der Waals surface area contributed by atoms with Crippen molar-refractivity contribution < 1.29 is 18.8 Å². The Kier molecular flexibility index (Phi) is 6.16. The highest BCUT2D eigenvalue weighted by Gasteiger charge is 2.12. The van der Waals surface area contributed by atoms with E-state index in [1.807, 2.05) is 26.2 Å². The van der Waals surface area contributed by atoms with Crippen molar-refractivity contribution in [2.45, 2.75) is 6.54 Å². The number of furan rings is 1. The van der Waals surface area contributed by atoms with Crippen LogP contribution < -0.4 is 25.8 Å². The van der Waals surface area contributed by atoms with Gasteiger partial charge in [0.15, 0.2) is 16.6 Å². The number of ether oxygens (including phenoxy) is 1. The summed E-state index contributed by atoms with van der Waals surface area (Å²) >= 11 is 5.13. The molecular formula is C16H21N4O3S+. The highest BCUT2D eigenvalue weighted by atomic mass is 32.1. The Morgan fingerprint density at radius 2 is 1.88 bits per heavy atom. The Balaban J connectivity index is 1.82. The average molecular weight is 349 g/mol. The predicted molar refractivity (Wildman–Crippen MR) is 95.0 cm³/mol. The minimum Gasteiger partial charge on any atom is -0.497 e. The van der Waals surface area contributed by atoms with Crippen molar-refractivity contribution in [1.29, 1.82) is 0 Å². The second kappa shape index (κ2) is 8.32. The highest BCUT2D eigenvalue weighted by Crippen LogP contribution is 2.14. The van der Waals surface area contributed by atoms with Gasteiger partial charge in [-0.1, -0.05) is 0 Å². The van der Waals surface area contributed by atoms with Gasteiger partial charge in [0.25, 0.3) is 0 Å². The predicted octanol–water partition coefficient (Wildman–Crippen LogP) is 0.564. The molecule has 0 bridgehead atoms. The Morgan fingerprint density at radius 3 is 2.50 bits per heavy atom. The molecule has 1 heterocycles. The van der Waals surface area contributed by atoms with Gasteiger partial charge < -0.3 is 19.4 Å². The molecule has 1 amide bonds. The minimum absolute atomic E-state index is 0.228. The van der Waals surface area contributed by atoms with Gasteiger partial charge in [-0.25, -0.2) is 0 Å². The van der Waals surface area contributed by atoms with Crippen molar-refractivity contribution in [2.75, 3.05) is 26.5 Å². The molecule has 0 radical (unpaired) electrons. The van der Waals surface area contributed by atoms with Gasteiger partial charge in [-0.05, 0) is 48.6 Å². The maximum atomic E-state index is 12.0. The first-order chi connectivity index (χ1) is 11.5. The molecule has 0 aliphatic carbocycles. The van der Waals surface area contributed by atoms with Crippen LogP contribution in [0.2, 0.25) is 0 Å². The molecular weight excluding hydrogens is 328 g/mol. The molecule has 2 rings (SSSR count). The molecule has 2 aromatic rings. The largest absolute Gasteiger partial charge is 0.497 e. The van der Waals surface area contributed by atoms with Crippen LogP contribution in [0.3, 0.4) is 0 Å². The summed E-state index contributed by atoms with van der Waals surface area (Å²) in [6.45, 7) is 0.706. The summed E-state index contributed by atoms with van der Waals surface area (Å²) in [6.07, 6.45) is 0. The van der Waals surface area contributed by atoms with E-state index in [4.69, 9.17) is 21.4 Å². The Labute approximate surface area is 145 Å². The van der Waals surface area contributed by atoms with E-state index in [0.29, 0.717) is 6.54 Å². The van der Waals surface area contributed by atoms with Crippen molar-refractivity contribution in [3.8, 4) is 5.75 Å². The van der Waals surface area contributed by atoms with Gasteiger partial charge >= 0.3 is 5.91 Å². The summed E-state index contributed by atoms with van der Waals surface area (Å²) < 4.78 is 10.6. The number of hydrogen-bond donors (Lipinski definition) is 4. The number of anilines is 1. The number of rotatable bonds is 5. The van der Waals surface area contributed by atoms with Crippen molar-refractivity contribution in [1.82, 2.24) is 10.9 Å². The third kappa shape index (κ3) is 5.25. The zero-order chi connectivity index (χ0) is 17.5. The topological polar surface area (TPSA) is 80.0 Å². The molecule has 0 atom stereocenters. The Bertz CT molecular complexity index is 698. The van der Waals surface area contributed by atoms with E-state index in [0.717, 1.165) is 17.2 Å². The molecule has 1 aromatic carbocycles. The molecule has 7 nitrogen and oxygen atoms in total. The van der Waals surface area contributed by atoms with Gasteiger partial charge in [-0.2, -0.15) is 0 Å². The Hall–Kier alpha value is -2.58. The van der Waals surface area contributed by atoms with Crippen LogP contribution in [0, 0.1) is 0 Å². The first-order valence-electron chi connectivity index (χ1n) is 7.37. The summed E-state index contributed by atoms with van der Waals surface area (Å²) in [4.78, 5) is 13.2. The molecule has 0 aliphatic heterocycles. The number of methoxy groups -OCH3 is 1. The molecule has 4 N–H and O–H groups in total. The third-order valence-corrected chi connectivity index (χ3v) is 3.25. The van der Waals surface area contributed by atoms with Crippen LogP contribution >= 0.6 is 12.2 Å². The van der Waals surface area contributed by atoms with E-state index in [2.05, 4.69) is 16.2 Å². The van der Waals surface area contributed by atoms with Crippen molar-refractivity contribution in [2.24, 2.45) is 0 Å². The zero-order valence-electron chi connectivity index (χ0n) is 13.8. The number of thiocarbonyl (C=S) groups is 1. The fraction of sp³-hybridized carbons (Fsp3) is 0.250. The molecule has 1 aromatic heterocycles.